The largest absolute Gasteiger partial charge is 0.497 e. The average Bonchev–Trinajstić information content (AvgIpc) is 2.72. The molecule has 2 amide bonds. The van der Waals surface area contributed by atoms with Gasteiger partial charge in [0.25, 0.3) is 0 Å². The first-order valence-corrected chi connectivity index (χ1v) is 10.3. The number of carbonyl (C=O) groups is 3. The van der Waals surface area contributed by atoms with Gasteiger partial charge in [0.1, 0.15) is 5.75 Å². The predicted octanol–water partition coefficient (Wildman–Crippen LogP) is 3.96. The molecule has 0 bridgehead atoms. The molecule has 2 N–H and O–H groups in total. The highest BCUT2D eigenvalue weighted by Gasteiger charge is 2.44. The molecule has 0 fully saturated rings. The van der Waals surface area contributed by atoms with Gasteiger partial charge in [-0.05, 0) is 53.8 Å². The van der Waals surface area contributed by atoms with E-state index >= 15 is 0 Å². The Morgan fingerprint density at radius 3 is 2.45 bits per heavy atom. The molecule has 1 heterocycles. The molecule has 31 heavy (non-hydrogen) atoms. The van der Waals surface area contributed by atoms with E-state index in [4.69, 9.17) is 10.5 Å². The summed E-state index contributed by atoms with van der Waals surface area (Å²) < 4.78 is 5.36. The summed E-state index contributed by atoms with van der Waals surface area (Å²) in [5, 5.41) is 0. The number of ether oxygens (including phenoxy) is 1. The molecule has 1 aliphatic carbocycles. The first kappa shape index (κ1) is 20.8. The van der Waals surface area contributed by atoms with Gasteiger partial charge in [0.15, 0.2) is 5.78 Å². The summed E-state index contributed by atoms with van der Waals surface area (Å²) in [5.41, 5.74) is 8.46. The zero-order chi connectivity index (χ0) is 22.3. The van der Waals surface area contributed by atoms with Crippen molar-refractivity contribution in [2.75, 3.05) is 12.0 Å². The van der Waals surface area contributed by atoms with E-state index in [1.807, 2.05) is 38.1 Å². The monoisotopic (exact) mass is 418 g/mol. The lowest BCUT2D eigenvalue weighted by atomic mass is 9.69. The number of Topliss-reactive ketones (excluding diaryl/α,β-unsaturated/α-hetero) is 1. The zero-order valence-electron chi connectivity index (χ0n) is 18.0. The molecule has 2 aliphatic rings. The van der Waals surface area contributed by atoms with Crippen LogP contribution in [-0.4, -0.2) is 24.7 Å². The van der Waals surface area contributed by atoms with Crippen LogP contribution in [0.25, 0.3) is 0 Å². The Kier molecular flexibility index (Phi) is 5.17. The van der Waals surface area contributed by atoms with Crippen molar-refractivity contribution >= 4 is 23.3 Å². The van der Waals surface area contributed by atoms with Gasteiger partial charge in [0.2, 0.25) is 11.8 Å². The minimum atomic E-state index is -0.525. The van der Waals surface area contributed by atoms with Crippen LogP contribution in [0.1, 0.15) is 54.9 Å². The number of nitrogens with zero attached hydrogens (tertiary/aromatic N) is 1. The fraction of sp³-hybridized carbons (Fsp3) is 0.320. The van der Waals surface area contributed by atoms with Gasteiger partial charge < -0.3 is 10.5 Å². The molecule has 160 valence electrons. The fourth-order valence-corrected chi connectivity index (χ4v) is 4.63. The number of benzene rings is 2. The highest BCUT2D eigenvalue weighted by Crippen LogP contribution is 2.48. The summed E-state index contributed by atoms with van der Waals surface area (Å²) in [6, 6.07) is 14.2. The first-order valence-electron chi connectivity index (χ1n) is 10.3. The molecule has 6 heteroatoms. The van der Waals surface area contributed by atoms with Crippen molar-refractivity contribution in [1.29, 1.82) is 0 Å². The summed E-state index contributed by atoms with van der Waals surface area (Å²) in [6.45, 7) is 4.09. The smallest absolute Gasteiger partial charge is 0.248 e. The average molecular weight is 418 g/mol. The standard InChI is InChI=1S/C25H26N2O4/c1-25(2)13-20-23(21(28)14-25)19(16-5-4-6-18(11-16)31-3)12-22(29)27(20)17-9-7-15(8-10-17)24(26)30/h4-11,19H,12-14H2,1-3H3,(H2,26,30). The van der Waals surface area contributed by atoms with Gasteiger partial charge in [-0.15, -0.1) is 0 Å². The number of primary amides is 1. The Bertz CT molecular complexity index is 1100. The fourth-order valence-electron chi connectivity index (χ4n) is 4.63. The molecule has 0 radical (unpaired) electrons. The van der Waals surface area contributed by atoms with Crippen molar-refractivity contribution in [2.24, 2.45) is 11.1 Å². The van der Waals surface area contributed by atoms with E-state index < -0.39 is 5.91 Å². The lowest BCUT2D eigenvalue weighted by Crippen LogP contribution is -2.43. The maximum Gasteiger partial charge on any atom is 0.248 e. The summed E-state index contributed by atoms with van der Waals surface area (Å²) in [6.07, 6.45) is 1.24. The van der Waals surface area contributed by atoms with E-state index in [0.717, 1.165) is 11.3 Å². The summed E-state index contributed by atoms with van der Waals surface area (Å²) in [4.78, 5) is 39.8. The van der Waals surface area contributed by atoms with E-state index in [1.165, 1.54) is 0 Å². The van der Waals surface area contributed by atoms with Crippen molar-refractivity contribution in [3.63, 3.8) is 0 Å². The number of amides is 2. The van der Waals surface area contributed by atoms with Gasteiger partial charge in [-0.25, -0.2) is 0 Å². The highest BCUT2D eigenvalue weighted by molar-refractivity contribution is 6.08. The number of methoxy groups -OCH3 is 1. The third-order valence-electron chi connectivity index (χ3n) is 6.05. The molecular formula is C25H26N2O4. The molecule has 4 rings (SSSR count). The third-order valence-corrected chi connectivity index (χ3v) is 6.05. The minimum Gasteiger partial charge on any atom is -0.497 e. The van der Waals surface area contributed by atoms with Crippen LogP contribution in [0.3, 0.4) is 0 Å². The van der Waals surface area contributed by atoms with E-state index in [-0.39, 0.29) is 29.4 Å². The van der Waals surface area contributed by atoms with Gasteiger partial charge in [0.05, 0.1) is 7.11 Å². The summed E-state index contributed by atoms with van der Waals surface area (Å²) >= 11 is 0. The van der Waals surface area contributed by atoms with Crippen LogP contribution in [-0.2, 0) is 9.59 Å². The number of ketones is 1. The Morgan fingerprint density at radius 1 is 1.10 bits per heavy atom. The Morgan fingerprint density at radius 2 is 1.81 bits per heavy atom. The van der Waals surface area contributed by atoms with Crippen LogP contribution in [0.5, 0.6) is 5.75 Å². The third kappa shape index (κ3) is 3.85. The van der Waals surface area contributed by atoms with Crippen LogP contribution < -0.4 is 15.4 Å². The Labute approximate surface area is 181 Å². The second-order valence-corrected chi connectivity index (χ2v) is 8.97. The lowest BCUT2D eigenvalue weighted by molar-refractivity contribution is -0.121. The quantitative estimate of drug-likeness (QED) is 0.814. The van der Waals surface area contributed by atoms with E-state index in [2.05, 4.69) is 0 Å². The molecule has 0 saturated carbocycles. The number of allylic oxidation sites excluding steroid dienone is 2. The van der Waals surface area contributed by atoms with Crippen molar-refractivity contribution < 1.29 is 19.1 Å². The molecule has 1 atom stereocenters. The van der Waals surface area contributed by atoms with E-state index in [9.17, 15) is 14.4 Å². The molecule has 0 aromatic heterocycles. The number of nitrogens with two attached hydrogens (primary N) is 1. The van der Waals surface area contributed by atoms with Gasteiger partial charge in [0, 0.05) is 41.3 Å². The maximum absolute atomic E-state index is 13.4. The lowest BCUT2D eigenvalue weighted by Gasteiger charge is -2.43. The molecule has 0 spiro atoms. The highest BCUT2D eigenvalue weighted by atomic mass is 16.5. The molecule has 2 aromatic rings. The topological polar surface area (TPSA) is 89.7 Å². The van der Waals surface area contributed by atoms with E-state index in [0.29, 0.717) is 35.4 Å². The molecule has 1 unspecified atom stereocenters. The predicted molar refractivity (Wildman–Crippen MR) is 118 cm³/mol. The summed E-state index contributed by atoms with van der Waals surface area (Å²) in [5.74, 6) is -0.139. The van der Waals surface area contributed by atoms with E-state index in [1.54, 1.807) is 36.3 Å². The normalized spacial score (nSPS) is 20.5. The molecule has 6 nitrogen and oxygen atoms in total. The van der Waals surface area contributed by atoms with Crippen molar-refractivity contribution in [3.8, 4) is 5.75 Å². The van der Waals surface area contributed by atoms with Gasteiger partial charge >= 0.3 is 0 Å². The van der Waals surface area contributed by atoms with Gasteiger partial charge in [-0.2, -0.15) is 0 Å². The van der Waals surface area contributed by atoms with Gasteiger partial charge in [-0.1, -0.05) is 26.0 Å². The zero-order valence-corrected chi connectivity index (χ0v) is 18.0. The van der Waals surface area contributed by atoms with Crippen molar-refractivity contribution in [3.05, 3.63) is 70.9 Å². The molecule has 1 aliphatic heterocycles. The van der Waals surface area contributed by atoms with Crippen molar-refractivity contribution in [2.45, 2.75) is 39.0 Å². The molecule has 0 saturated heterocycles. The Hall–Kier alpha value is -3.41. The van der Waals surface area contributed by atoms with Gasteiger partial charge in [-0.3, -0.25) is 19.3 Å². The summed E-state index contributed by atoms with van der Waals surface area (Å²) in [7, 11) is 1.60. The second kappa shape index (κ2) is 7.69. The SMILES string of the molecule is COc1cccc(C2CC(=O)N(c3ccc(C(N)=O)cc3)C3=C2C(=O)CC(C)(C)C3)c1. The minimum absolute atomic E-state index is 0.0744. The number of anilines is 1. The van der Waals surface area contributed by atoms with Crippen molar-refractivity contribution in [1.82, 2.24) is 0 Å². The number of rotatable bonds is 4. The van der Waals surface area contributed by atoms with Crippen LogP contribution in [0.2, 0.25) is 0 Å². The van der Waals surface area contributed by atoms with Crippen LogP contribution in [0, 0.1) is 5.41 Å². The molecular weight excluding hydrogens is 392 g/mol. The maximum atomic E-state index is 13.4. The number of carbonyl (C=O) groups excluding carboxylic acids is 3. The van der Waals surface area contributed by atoms with Crippen LogP contribution >= 0.6 is 0 Å². The van der Waals surface area contributed by atoms with Crippen LogP contribution in [0.15, 0.2) is 59.8 Å². The number of hydrogen-bond donors (Lipinski definition) is 1. The van der Waals surface area contributed by atoms with Crippen LogP contribution in [0.4, 0.5) is 5.69 Å². The first-order chi connectivity index (χ1) is 14.7. The second-order valence-electron chi connectivity index (χ2n) is 8.97. The Balaban J connectivity index is 1.86. The molecule has 2 aromatic carbocycles. The number of hydrogen-bond acceptors (Lipinski definition) is 4.